The number of hydrogen-bond acceptors (Lipinski definition) is 4. The van der Waals surface area contributed by atoms with Gasteiger partial charge in [-0.3, -0.25) is 4.79 Å². The molecule has 0 unspecified atom stereocenters. The Morgan fingerprint density at radius 1 is 1.20 bits per heavy atom. The van der Waals surface area contributed by atoms with Crippen LogP contribution < -0.4 is 14.8 Å². The first-order chi connectivity index (χ1) is 11.6. The molecule has 9 heteroatoms. The van der Waals surface area contributed by atoms with Gasteiger partial charge in [0, 0.05) is 0 Å². The van der Waals surface area contributed by atoms with Crippen LogP contribution in [0.5, 0.6) is 11.5 Å². The fourth-order valence-electron chi connectivity index (χ4n) is 1.89. The van der Waals surface area contributed by atoms with Gasteiger partial charge in [0.2, 0.25) is 0 Å². The van der Waals surface area contributed by atoms with E-state index in [2.05, 4.69) is 10.1 Å². The van der Waals surface area contributed by atoms with Crippen molar-refractivity contribution in [3.8, 4) is 11.5 Å². The predicted octanol–water partition coefficient (Wildman–Crippen LogP) is 2.62. The average Bonchev–Trinajstić information content (AvgIpc) is 2.55. The molecule has 0 aliphatic carbocycles. The highest BCUT2D eigenvalue weighted by molar-refractivity contribution is 5.84. The Hall–Kier alpha value is -2.45. The van der Waals surface area contributed by atoms with Crippen LogP contribution >= 0.6 is 0 Å². The number of alkyl halides is 3. The molecule has 0 bridgehead atoms. The van der Waals surface area contributed by atoms with Crippen LogP contribution in [0.1, 0.15) is 20.3 Å². The van der Waals surface area contributed by atoms with E-state index in [1.165, 1.54) is 24.3 Å². The quantitative estimate of drug-likeness (QED) is 0.705. The molecule has 0 aliphatic rings. The molecule has 1 amide bonds. The minimum atomic E-state index is -4.50. The smallest absolute Gasteiger partial charge is 0.422 e. The zero-order valence-electron chi connectivity index (χ0n) is 13.8. The molecule has 2 atom stereocenters. The number of carboxylic acids is 1. The first-order valence-electron chi connectivity index (χ1n) is 7.57. The van der Waals surface area contributed by atoms with Crippen molar-refractivity contribution < 1.29 is 37.3 Å². The number of carbonyl (C=O) groups is 2. The highest BCUT2D eigenvalue weighted by Crippen LogP contribution is 2.28. The molecule has 140 valence electrons. The minimum absolute atomic E-state index is 0.0442. The lowest BCUT2D eigenvalue weighted by Gasteiger charge is -2.20. The molecule has 1 aromatic carbocycles. The summed E-state index contributed by atoms with van der Waals surface area (Å²) in [7, 11) is 0. The standard InChI is InChI=1S/C16H20F3NO5/c1-3-10(2)14(15(22)23)20-13(21)8-24-11-6-4-5-7-12(11)25-9-16(17,18)19/h4-7,10,14H,3,8-9H2,1-2H3,(H,20,21)(H,22,23)/t10-,14-/m0/s1. The lowest BCUT2D eigenvalue weighted by Crippen LogP contribution is -2.46. The molecule has 0 heterocycles. The number of nitrogens with one attached hydrogen (secondary N) is 1. The van der Waals surface area contributed by atoms with Crippen molar-refractivity contribution in [2.45, 2.75) is 32.5 Å². The molecule has 2 N–H and O–H groups in total. The Kier molecular flexibility index (Phi) is 7.53. The molecular weight excluding hydrogens is 343 g/mol. The maximum absolute atomic E-state index is 12.2. The predicted molar refractivity (Wildman–Crippen MR) is 82.5 cm³/mol. The molecule has 1 aromatic rings. The molecule has 1 rings (SSSR count). The van der Waals surface area contributed by atoms with Crippen LogP contribution in [0.2, 0.25) is 0 Å². The summed E-state index contributed by atoms with van der Waals surface area (Å²) in [4.78, 5) is 23.0. The van der Waals surface area contributed by atoms with Gasteiger partial charge in [0.1, 0.15) is 6.04 Å². The van der Waals surface area contributed by atoms with Gasteiger partial charge >= 0.3 is 12.1 Å². The summed E-state index contributed by atoms with van der Waals surface area (Å²) in [5.41, 5.74) is 0. The molecule has 25 heavy (non-hydrogen) atoms. The summed E-state index contributed by atoms with van der Waals surface area (Å²) in [6.07, 6.45) is -3.96. The van der Waals surface area contributed by atoms with Crippen molar-refractivity contribution in [1.29, 1.82) is 0 Å². The molecule has 0 fully saturated rings. The average molecular weight is 363 g/mol. The molecule has 0 aliphatic heterocycles. The van der Waals surface area contributed by atoms with Gasteiger partial charge in [0.15, 0.2) is 24.7 Å². The highest BCUT2D eigenvalue weighted by atomic mass is 19.4. The van der Waals surface area contributed by atoms with Crippen molar-refractivity contribution >= 4 is 11.9 Å². The molecule has 0 saturated heterocycles. The topological polar surface area (TPSA) is 84.9 Å². The van der Waals surface area contributed by atoms with Crippen LogP contribution in [0.25, 0.3) is 0 Å². The number of hydrogen-bond donors (Lipinski definition) is 2. The molecule has 0 radical (unpaired) electrons. The number of halogens is 3. The number of para-hydroxylation sites is 2. The van der Waals surface area contributed by atoms with Crippen LogP contribution in [0.4, 0.5) is 13.2 Å². The van der Waals surface area contributed by atoms with Crippen LogP contribution in [-0.4, -0.2) is 42.4 Å². The number of amides is 1. The molecule has 0 saturated carbocycles. The number of carboxylic acid groups (broad SMARTS) is 1. The number of benzene rings is 1. The van der Waals surface area contributed by atoms with E-state index in [4.69, 9.17) is 9.84 Å². The zero-order valence-corrected chi connectivity index (χ0v) is 13.8. The summed E-state index contributed by atoms with van der Waals surface area (Å²) in [6, 6.07) is 4.52. The van der Waals surface area contributed by atoms with E-state index >= 15 is 0 Å². The van der Waals surface area contributed by atoms with Gasteiger partial charge in [0.25, 0.3) is 5.91 Å². The first-order valence-corrected chi connectivity index (χ1v) is 7.57. The van der Waals surface area contributed by atoms with Crippen molar-refractivity contribution in [1.82, 2.24) is 5.32 Å². The Morgan fingerprint density at radius 2 is 1.76 bits per heavy atom. The third kappa shape index (κ3) is 7.32. The number of rotatable bonds is 9. The molecule has 0 spiro atoms. The summed E-state index contributed by atoms with van der Waals surface area (Å²) in [5.74, 6) is -2.36. The van der Waals surface area contributed by atoms with E-state index in [-0.39, 0.29) is 17.4 Å². The number of ether oxygens (including phenoxy) is 2. The normalized spacial score (nSPS) is 13.6. The van der Waals surface area contributed by atoms with Gasteiger partial charge in [-0.05, 0) is 18.1 Å². The van der Waals surface area contributed by atoms with E-state index in [1.807, 2.05) is 0 Å². The van der Waals surface area contributed by atoms with Crippen LogP contribution in [0, 0.1) is 5.92 Å². The van der Waals surface area contributed by atoms with Gasteiger partial charge in [-0.25, -0.2) is 4.79 Å². The number of carbonyl (C=O) groups excluding carboxylic acids is 1. The summed E-state index contributed by atoms with van der Waals surface area (Å²) >= 11 is 0. The summed E-state index contributed by atoms with van der Waals surface area (Å²) in [5, 5.41) is 11.4. The maximum atomic E-state index is 12.2. The second-order valence-electron chi connectivity index (χ2n) is 5.41. The van der Waals surface area contributed by atoms with E-state index in [9.17, 15) is 22.8 Å². The lowest BCUT2D eigenvalue weighted by molar-refractivity contribution is -0.153. The van der Waals surface area contributed by atoms with E-state index in [0.29, 0.717) is 6.42 Å². The first kappa shape index (κ1) is 20.6. The lowest BCUT2D eigenvalue weighted by atomic mass is 9.99. The molecule has 0 aromatic heterocycles. The zero-order chi connectivity index (χ0) is 19.0. The van der Waals surface area contributed by atoms with Crippen LogP contribution in [-0.2, 0) is 9.59 Å². The summed E-state index contributed by atoms with van der Waals surface area (Å²) in [6.45, 7) is 1.43. The second kappa shape index (κ2) is 9.14. The monoisotopic (exact) mass is 363 g/mol. The summed E-state index contributed by atoms with van der Waals surface area (Å²) < 4.78 is 46.5. The van der Waals surface area contributed by atoms with E-state index < -0.39 is 37.3 Å². The van der Waals surface area contributed by atoms with Crippen molar-refractivity contribution in [2.75, 3.05) is 13.2 Å². The van der Waals surface area contributed by atoms with E-state index in [0.717, 1.165) is 0 Å². The van der Waals surface area contributed by atoms with Gasteiger partial charge in [-0.15, -0.1) is 0 Å². The van der Waals surface area contributed by atoms with Gasteiger partial charge in [0.05, 0.1) is 0 Å². The Morgan fingerprint density at radius 3 is 2.24 bits per heavy atom. The Labute approximate surface area is 142 Å². The maximum Gasteiger partial charge on any atom is 0.422 e. The van der Waals surface area contributed by atoms with Crippen molar-refractivity contribution in [3.63, 3.8) is 0 Å². The van der Waals surface area contributed by atoms with Crippen LogP contribution in [0.15, 0.2) is 24.3 Å². The SMILES string of the molecule is CC[C@H](C)[C@H](NC(=O)COc1ccccc1OCC(F)(F)F)C(=O)O. The largest absolute Gasteiger partial charge is 0.480 e. The Bertz CT molecular complexity index is 591. The fourth-order valence-corrected chi connectivity index (χ4v) is 1.89. The second-order valence-corrected chi connectivity index (χ2v) is 5.41. The van der Waals surface area contributed by atoms with Gasteiger partial charge in [-0.1, -0.05) is 32.4 Å². The van der Waals surface area contributed by atoms with Crippen molar-refractivity contribution in [2.24, 2.45) is 5.92 Å². The molecule has 6 nitrogen and oxygen atoms in total. The van der Waals surface area contributed by atoms with Crippen molar-refractivity contribution in [3.05, 3.63) is 24.3 Å². The van der Waals surface area contributed by atoms with Gasteiger partial charge in [-0.2, -0.15) is 13.2 Å². The number of aliphatic carboxylic acids is 1. The van der Waals surface area contributed by atoms with Gasteiger partial charge < -0.3 is 19.9 Å². The van der Waals surface area contributed by atoms with Crippen LogP contribution in [0.3, 0.4) is 0 Å². The molecular formula is C16H20F3NO5. The third-order valence-electron chi connectivity index (χ3n) is 3.39. The highest BCUT2D eigenvalue weighted by Gasteiger charge is 2.29. The Balaban J connectivity index is 2.65. The van der Waals surface area contributed by atoms with E-state index in [1.54, 1.807) is 13.8 Å². The fraction of sp³-hybridized carbons (Fsp3) is 0.500. The minimum Gasteiger partial charge on any atom is -0.480 e. The third-order valence-corrected chi connectivity index (χ3v) is 3.39.